The summed E-state index contributed by atoms with van der Waals surface area (Å²) in [5.74, 6) is 0.692. The van der Waals surface area contributed by atoms with E-state index in [0.717, 1.165) is 49.7 Å². The number of hydrogen-bond acceptors (Lipinski definition) is 4. The maximum atomic E-state index is 13.7. The molecule has 1 atom stereocenters. The molecule has 1 unspecified atom stereocenters. The summed E-state index contributed by atoms with van der Waals surface area (Å²) < 4.78 is 24.7. The van der Waals surface area contributed by atoms with E-state index in [9.17, 15) is 4.39 Å². The van der Waals surface area contributed by atoms with Gasteiger partial charge in [-0.25, -0.2) is 4.39 Å². The molecule has 0 aromatic heterocycles. The number of benzene rings is 2. The predicted octanol–water partition coefficient (Wildman–Crippen LogP) is 3.73. The number of morpholine rings is 1. The van der Waals surface area contributed by atoms with Crippen LogP contribution >= 0.6 is 12.4 Å². The van der Waals surface area contributed by atoms with Gasteiger partial charge in [-0.1, -0.05) is 29.8 Å². The van der Waals surface area contributed by atoms with E-state index in [1.54, 1.807) is 19.2 Å². The third-order valence-electron chi connectivity index (χ3n) is 4.81. The fourth-order valence-electron chi connectivity index (χ4n) is 3.45. The molecule has 27 heavy (non-hydrogen) atoms. The maximum Gasteiger partial charge on any atom is 0.123 e. The van der Waals surface area contributed by atoms with Gasteiger partial charge in [-0.15, -0.1) is 12.4 Å². The maximum absolute atomic E-state index is 13.7. The van der Waals surface area contributed by atoms with Crippen LogP contribution in [0.25, 0.3) is 0 Å². The van der Waals surface area contributed by atoms with Gasteiger partial charge >= 0.3 is 0 Å². The van der Waals surface area contributed by atoms with Gasteiger partial charge in [-0.3, -0.25) is 4.90 Å². The first-order chi connectivity index (χ1) is 12.7. The van der Waals surface area contributed by atoms with E-state index in [-0.39, 0.29) is 24.3 Å². The molecule has 0 bridgehead atoms. The molecule has 1 fully saturated rings. The van der Waals surface area contributed by atoms with E-state index in [4.69, 9.17) is 9.47 Å². The minimum absolute atomic E-state index is 0. The van der Waals surface area contributed by atoms with Gasteiger partial charge in [-0.2, -0.15) is 0 Å². The zero-order valence-electron chi connectivity index (χ0n) is 15.9. The first kappa shape index (κ1) is 21.6. The van der Waals surface area contributed by atoms with Gasteiger partial charge in [-0.05, 0) is 30.7 Å². The minimum Gasteiger partial charge on any atom is -0.496 e. The summed E-state index contributed by atoms with van der Waals surface area (Å²) >= 11 is 0. The Hall–Kier alpha value is -1.66. The summed E-state index contributed by atoms with van der Waals surface area (Å²) in [7, 11) is 1.69. The van der Waals surface area contributed by atoms with Crippen molar-refractivity contribution < 1.29 is 13.9 Å². The van der Waals surface area contributed by atoms with Gasteiger partial charge in [0, 0.05) is 37.8 Å². The fourth-order valence-corrected chi connectivity index (χ4v) is 3.45. The second kappa shape index (κ2) is 10.6. The normalized spacial score (nSPS) is 15.8. The second-order valence-corrected chi connectivity index (χ2v) is 6.67. The molecule has 3 rings (SSSR count). The molecule has 2 aromatic carbocycles. The number of rotatable bonds is 7. The van der Waals surface area contributed by atoms with Gasteiger partial charge in [0.2, 0.25) is 0 Å². The minimum atomic E-state index is -0.193. The van der Waals surface area contributed by atoms with Crippen molar-refractivity contribution in [3.8, 4) is 5.75 Å². The largest absolute Gasteiger partial charge is 0.496 e. The van der Waals surface area contributed by atoms with Crippen LogP contribution in [0.5, 0.6) is 5.75 Å². The summed E-state index contributed by atoms with van der Waals surface area (Å²) in [5.41, 5.74) is 3.33. The number of aryl methyl sites for hydroxylation is 1. The molecule has 2 aromatic rings. The summed E-state index contributed by atoms with van der Waals surface area (Å²) in [4.78, 5) is 2.36. The zero-order chi connectivity index (χ0) is 18.4. The predicted molar refractivity (Wildman–Crippen MR) is 108 cm³/mol. The van der Waals surface area contributed by atoms with Crippen molar-refractivity contribution in [3.05, 3.63) is 65.0 Å². The highest BCUT2D eigenvalue weighted by Gasteiger charge is 2.22. The van der Waals surface area contributed by atoms with Crippen LogP contribution in [0.3, 0.4) is 0 Å². The number of methoxy groups -OCH3 is 1. The van der Waals surface area contributed by atoms with Crippen LogP contribution in [0, 0.1) is 12.7 Å². The molecular formula is C21H28ClFN2O2. The molecule has 0 spiro atoms. The van der Waals surface area contributed by atoms with Crippen molar-refractivity contribution >= 4 is 12.4 Å². The first-order valence-corrected chi connectivity index (χ1v) is 9.09. The molecule has 6 heteroatoms. The molecule has 4 nitrogen and oxygen atoms in total. The van der Waals surface area contributed by atoms with Crippen molar-refractivity contribution in [2.24, 2.45) is 0 Å². The molecule has 0 aliphatic carbocycles. The lowest BCUT2D eigenvalue weighted by Crippen LogP contribution is -2.42. The Morgan fingerprint density at radius 1 is 1.19 bits per heavy atom. The van der Waals surface area contributed by atoms with Crippen molar-refractivity contribution in [3.63, 3.8) is 0 Å². The van der Waals surface area contributed by atoms with E-state index in [2.05, 4.69) is 23.2 Å². The highest BCUT2D eigenvalue weighted by Crippen LogP contribution is 2.23. The van der Waals surface area contributed by atoms with Crippen molar-refractivity contribution in [1.82, 2.24) is 10.2 Å². The number of nitrogens with zero attached hydrogens (tertiary/aromatic N) is 1. The SMILES string of the molecule is COc1ccc(C)cc1CNCC(c1cccc(F)c1)N1CCOCC1.Cl. The quantitative estimate of drug-likeness (QED) is 0.775. The molecular weight excluding hydrogens is 367 g/mol. The van der Waals surface area contributed by atoms with Gasteiger partial charge in [0.05, 0.1) is 20.3 Å². The number of hydrogen-bond donors (Lipinski definition) is 1. The van der Waals surface area contributed by atoms with Gasteiger partial charge in [0.1, 0.15) is 11.6 Å². The van der Waals surface area contributed by atoms with E-state index < -0.39 is 0 Å². The summed E-state index contributed by atoms with van der Waals surface area (Å²) in [6, 6.07) is 13.2. The Labute approximate surface area is 167 Å². The number of nitrogens with one attached hydrogen (secondary N) is 1. The lowest BCUT2D eigenvalue weighted by Gasteiger charge is -2.35. The van der Waals surface area contributed by atoms with Gasteiger partial charge in [0.15, 0.2) is 0 Å². The van der Waals surface area contributed by atoms with Crippen LogP contribution in [0.1, 0.15) is 22.7 Å². The number of halogens is 2. The molecule has 1 heterocycles. The summed E-state index contributed by atoms with van der Waals surface area (Å²) in [6.45, 7) is 6.68. The molecule has 0 saturated carbocycles. The average Bonchev–Trinajstić information content (AvgIpc) is 2.66. The molecule has 1 saturated heterocycles. The van der Waals surface area contributed by atoms with Crippen LogP contribution in [-0.2, 0) is 11.3 Å². The lowest BCUT2D eigenvalue weighted by molar-refractivity contribution is 0.0160. The van der Waals surface area contributed by atoms with Crippen LogP contribution in [0.4, 0.5) is 4.39 Å². The molecule has 0 radical (unpaired) electrons. The zero-order valence-corrected chi connectivity index (χ0v) is 16.7. The first-order valence-electron chi connectivity index (χ1n) is 9.09. The van der Waals surface area contributed by atoms with Crippen LogP contribution in [-0.4, -0.2) is 44.9 Å². The Balaban J connectivity index is 0.00000261. The third kappa shape index (κ3) is 5.91. The molecule has 1 aliphatic heterocycles. The van der Waals surface area contributed by atoms with E-state index in [0.29, 0.717) is 6.54 Å². The Morgan fingerprint density at radius 2 is 1.96 bits per heavy atom. The highest BCUT2D eigenvalue weighted by atomic mass is 35.5. The highest BCUT2D eigenvalue weighted by molar-refractivity contribution is 5.85. The second-order valence-electron chi connectivity index (χ2n) is 6.67. The topological polar surface area (TPSA) is 33.7 Å². The molecule has 1 N–H and O–H groups in total. The molecule has 0 amide bonds. The fraction of sp³-hybridized carbons (Fsp3) is 0.429. The average molecular weight is 395 g/mol. The standard InChI is InChI=1S/C21H27FN2O2.ClH/c1-16-6-7-21(25-2)18(12-16)14-23-15-20(24-8-10-26-11-9-24)17-4-3-5-19(22)13-17;/h3-7,12-13,20,23H,8-11,14-15H2,1-2H3;1H. The number of ether oxygens (including phenoxy) is 2. The van der Waals surface area contributed by atoms with Crippen molar-refractivity contribution in [2.45, 2.75) is 19.5 Å². The monoisotopic (exact) mass is 394 g/mol. The summed E-state index contributed by atoms with van der Waals surface area (Å²) in [6.07, 6.45) is 0. The van der Waals surface area contributed by atoms with Gasteiger partial charge < -0.3 is 14.8 Å². The van der Waals surface area contributed by atoms with Gasteiger partial charge in [0.25, 0.3) is 0 Å². The van der Waals surface area contributed by atoms with E-state index in [1.807, 2.05) is 18.2 Å². The third-order valence-corrected chi connectivity index (χ3v) is 4.81. The van der Waals surface area contributed by atoms with E-state index >= 15 is 0 Å². The molecule has 1 aliphatic rings. The van der Waals surface area contributed by atoms with E-state index in [1.165, 1.54) is 11.6 Å². The molecule has 148 valence electrons. The van der Waals surface area contributed by atoms with Crippen LogP contribution in [0.2, 0.25) is 0 Å². The van der Waals surface area contributed by atoms with Crippen LogP contribution < -0.4 is 10.1 Å². The Kier molecular flexibility index (Phi) is 8.51. The summed E-state index contributed by atoms with van der Waals surface area (Å²) in [5, 5.41) is 3.53. The Bertz CT molecular complexity index is 723. The Morgan fingerprint density at radius 3 is 2.67 bits per heavy atom. The van der Waals surface area contributed by atoms with Crippen LogP contribution in [0.15, 0.2) is 42.5 Å². The smallest absolute Gasteiger partial charge is 0.123 e. The van der Waals surface area contributed by atoms with Crippen molar-refractivity contribution in [2.75, 3.05) is 40.0 Å². The van der Waals surface area contributed by atoms with Crippen molar-refractivity contribution in [1.29, 1.82) is 0 Å². The lowest BCUT2D eigenvalue weighted by atomic mass is 10.0.